The van der Waals surface area contributed by atoms with Crippen molar-refractivity contribution >= 4 is 0 Å². The third kappa shape index (κ3) is 5.65. The Kier molecular flexibility index (Phi) is 7.00. The van der Waals surface area contributed by atoms with Gasteiger partial charge in [-0.1, -0.05) is 12.1 Å². The fourth-order valence-electron chi connectivity index (χ4n) is 2.83. The van der Waals surface area contributed by atoms with Crippen LogP contribution in [0.25, 0.3) is 0 Å². The molecule has 0 radical (unpaired) electrons. The molecule has 0 spiro atoms. The molecule has 118 valence electrons. The lowest BCUT2D eigenvalue weighted by Gasteiger charge is -2.31. The monoisotopic (exact) mass is 292 g/mol. The molecule has 0 atom stereocenters. The van der Waals surface area contributed by atoms with Crippen LogP contribution in [-0.4, -0.2) is 51.9 Å². The topological polar surface area (TPSA) is 33.7 Å². The van der Waals surface area contributed by atoms with Crippen molar-refractivity contribution in [2.45, 2.75) is 19.4 Å². The number of methoxy groups -OCH3 is 2. The molecule has 1 N–H and O–H groups in total. The molecule has 1 fully saturated rings. The SMILES string of the molecule is COCC1CCN(CCNCc2ccc(OC)cc2)CC1. The zero-order valence-corrected chi connectivity index (χ0v) is 13.3. The van der Waals surface area contributed by atoms with Gasteiger partial charge >= 0.3 is 0 Å². The highest BCUT2D eigenvalue weighted by molar-refractivity contribution is 5.26. The average molecular weight is 292 g/mol. The Hall–Kier alpha value is -1.10. The molecular formula is C17H28N2O2. The first-order chi connectivity index (χ1) is 10.3. The van der Waals surface area contributed by atoms with Gasteiger partial charge in [-0.05, 0) is 49.5 Å². The van der Waals surface area contributed by atoms with Crippen molar-refractivity contribution in [1.29, 1.82) is 0 Å². The van der Waals surface area contributed by atoms with Crippen LogP contribution in [0.4, 0.5) is 0 Å². The van der Waals surface area contributed by atoms with Crippen LogP contribution < -0.4 is 10.1 Å². The first-order valence-corrected chi connectivity index (χ1v) is 7.86. The van der Waals surface area contributed by atoms with Crippen LogP contribution in [0.1, 0.15) is 18.4 Å². The molecule has 1 heterocycles. The fourth-order valence-corrected chi connectivity index (χ4v) is 2.83. The molecule has 0 saturated carbocycles. The molecule has 1 saturated heterocycles. The van der Waals surface area contributed by atoms with Gasteiger partial charge in [-0.2, -0.15) is 0 Å². The lowest BCUT2D eigenvalue weighted by Crippen LogP contribution is -2.39. The summed E-state index contributed by atoms with van der Waals surface area (Å²) in [5.41, 5.74) is 1.30. The van der Waals surface area contributed by atoms with Gasteiger partial charge in [0.2, 0.25) is 0 Å². The number of rotatable bonds is 8. The minimum Gasteiger partial charge on any atom is -0.497 e. The lowest BCUT2D eigenvalue weighted by molar-refractivity contribution is 0.0998. The van der Waals surface area contributed by atoms with E-state index in [0.29, 0.717) is 0 Å². The second-order valence-electron chi connectivity index (χ2n) is 5.77. The maximum absolute atomic E-state index is 5.24. The molecule has 0 amide bonds. The Balaban J connectivity index is 1.57. The minimum atomic E-state index is 0.763. The molecule has 0 aromatic heterocycles. The van der Waals surface area contributed by atoms with Crippen LogP contribution in [0.15, 0.2) is 24.3 Å². The number of hydrogen-bond acceptors (Lipinski definition) is 4. The van der Waals surface area contributed by atoms with Crippen molar-refractivity contribution in [3.63, 3.8) is 0 Å². The summed E-state index contributed by atoms with van der Waals surface area (Å²) >= 11 is 0. The zero-order valence-electron chi connectivity index (χ0n) is 13.3. The fraction of sp³-hybridized carbons (Fsp3) is 0.647. The van der Waals surface area contributed by atoms with E-state index in [2.05, 4.69) is 22.3 Å². The highest BCUT2D eigenvalue weighted by Gasteiger charge is 2.18. The second kappa shape index (κ2) is 9.03. The van der Waals surface area contributed by atoms with E-state index < -0.39 is 0 Å². The van der Waals surface area contributed by atoms with Gasteiger partial charge in [0, 0.05) is 33.4 Å². The summed E-state index contributed by atoms with van der Waals surface area (Å²) < 4.78 is 10.4. The van der Waals surface area contributed by atoms with Crippen molar-refractivity contribution in [2.24, 2.45) is 5.92 Å². The molecule has 2 rings (SSSR count). The number of likely N-dealkylation sites (tertiary alicyclic amines) is 1. The molecule has 4 nitrogen and oxygen atoms in total. The van der Waals surface area contributed by atoms with Gasteiger partial charge in [0.1, 0.15) is 5.75 Å². The Morgan fingerprint density at radius 2 is 1.86 bits per heavy atom. The average Bonchev–Trinajstić information content (AvgIpc) is 2.54. The largest absolute Gasteiger partial charge is 0.497 e. The predicted octanol–water partition coefficient (Wildman–Crippen LogP) is 2.14. The molecule has 1 aliphatic rings. The number of hydrogen-bond donors (Lipinski definition) is 1. The van der Waals surface area contributed by atoms with E-state index in [9.17, 15) is 0 Å². The predicted molar refractivity (Wildman–Crippen MR) is 85.7 cm³/mol. The van der Waals surface area contributed by atoms with Gasteiger partial charge < -0.3 is 19.7 Å². The smallest absolute Gasteiger partial charge is 0.118 e. The molecule has 21 heavy (non-hydrogen) atoms. The van der Waals surface area contributed by atoms with Crippen LogP contribution >= 0.6 is 0 Å². The highest BCUT2D eigenvalue weighted by Crippen LogP contribution is 2.16. The Morgan fingerprint density at radius 3 is 2.48 bits per heavy atom. The normalized spacial score (nSPS) is 17.0. The standard InChI is InChI=1S/C17H28N2O2/c1-20-14-16-7-10-19(11-8-16)12-9-18-13-15-3-5-17(21-2)6-4-15/h3-6,16,18H,7-14H2,1-2H3. The summed E-state index contributed by atoms with van der Waals surface area (Å²) in [4.78, 5) is 2.55. The van der Waals surface area contributed by atoms with Gasteiger partial charge in [0.05, 0.1) is 7.11 Å². The number of nitrogens with zero attached hydrogens (tertiary/aromatic N) is 1. The first kappa shape index (κ1) is 16.3. The second-order valence-corrected chi connectivity index (χ2v) is 5.77. The van der Waals surface area contributed by atoms with Crippen LogP contribution in [0, 0.1) is 5.92 Å². The lowest BCUT2D eigenvalue weighted by atomic mass is 9.98. The van der Waals surface area contributed by atoms with E-state index in [1.54, 1.807) is 14.2 Å². The van der Waals surface area contributed by atoms with E-state index in [4.69, 9.17) is 9.47 Å². The van der Waals surface area contributed by atoms with E-state index in [0.717, 1.165) is 37.9 Å². The minimum absolute atomic E-state index is 0.763. The van der Waals surface area contributed by atoms with Crippen LogP contribution in [-0.2, 0) is 11.3 Å². The number of piperidine rings is 1. The third-order valence-corrected chi connectivity index (χ3v) is 4.20. The quantitative estimate of drug-likeness (QED) is 0.744. The number of nitrogens with one attached hydrogen (secondary N) is 1. The first-order valence-electron chi connectivity index (χ1n) is 7.86. The maximum Gasteiger partial charge on any atom is 0.118 e. The van der Waals surface area contributed by atoms with Gasteiger partial charge in [0.25, 0.3) is 0 Å². The van der Waals surface area contributed by atoms with Gasteiger partial charge in [-0.25, -0.2) is 0 Å². The summed E-state index contributed by atoms with van der Waals surface area (Å²) in [5.74, 6) is 1.68. The van der Waals surface area contributed by atoms with Crippen molar-refractivity contribution in [1.82, 2.24) is 10.2 Å². The van der Waals surface area contributed by atoms with Crippen LogP contribution in [0.5, 0.6) is 5.75 Å². The summed E-state index contributed by atoms with van der Waals surface area (Å²) in [7, 11) is 3.50. The Morgan fingerprint density at radius 1 is 1.14 bits per heavy atom. The van der Waals surface area contributed by atoms with Gasteiger partial charge in [0.15, 0.2) is 0 Å². The molecule has 1 aromatic rings. The molecule has 0 unspecified atom stereocenters. The molecule has 0 bridgehead atoms. The summed E-state index contributed by atoms with van der Waals surface area (Å²) in [6, 6.07) is 8.25. The van der Waals surface area contributed by atoms with Crippen molar-refractivity contribution in [2.75, 3.05) is 47.0 Å². The van der Waals surface area contributed by atoms with Crippen molar-refractivity contribution in [3.05, 3.63) is 29.8 Å². The van der Waals surface area contributed by atoms with Crippen molar-refractivity contribution in [3.8, 4) is 5.75 Å². The van der Waals surface area contributed by atoms with E-state index in [1.165, 1.54) is 31.5 Å². The molecular weight excluding hydrogens is 264 g/mol. The number of benzene rings is 1. The maximum atomic E-state index is 5.24. The van der Waals surface area contributed by atoms with Crippen LogP contribution in [0.2, 0.25) is 0 Å². The van der Waals surface area contributed by atoms with E-state index in [-0.39, 0.29) is 0 Å². The highest BCUT2D eigenvalue weighted by atomic mass is 16.5. The van der Waals surface area contributed by atoms with Gasteiger partial charge in [-0.15, -0.1) is 0 Å². The summed E-state index contributed by atoms with van der Waals surface area (Å²) in [6.07, 6.45) is 2.54. The number of ether oxygens (including phenoxy) is 2. The third-order valence-electron chi connectivity index (χ3n) is 4.20. The van der Waals surface area contributed by atoms with Crippen molar-refractivity contribution < 1.29 is 9.47 Å². The summed E-state index contributed by atoms with van der Waals surface area (Å²) in [6.45, 7) is 6.43. The van der Waals surface area contributed by atoms with Crippen LogP contribution in [0.3, 0.4) is 0 Å². The molecule has 1 aliphatic heterocycles. The molecule has 1 aromatic carbocycles. The van der Waals surface area contributed by atoms with Gasteiger partial charge in [-0.3, -0.25) is 0 Å². The van der Waals surface area contributed by atoms with E-state index in [1.807, 2.05) is 12.1 Å². The molecule has 0 aliphatic carbocycles. The Labute approximate surface area is 128 Å². The molecule has 4 heteroatoms. The summed E-state index contributed by atoms with van der Waals surface area (Å²) in [5, 5.41) is 3.52. The Bertz CT molecular complexity index is 386. The zero-order chi connectivity index (χ0) is 14.9. The van der Waals surface area contributed by atoms with E-state index >= 15 is 0 Å².